The lowest BCUT2D eigenvalue weighted by molar-refractivity contribution is 0.355. The second-order valence-electron chi connectivity index (χ2n) is 4.70. The molecule has 0 spiro atoms. The summed E-state index contributed by atoms with van der Waals surface area (Å²) in [5, 5.41) is 3.38. The smallest absolute Gasteiger partial charge is 0.123 e. The van der Waals surface area contributed by atoms with Gasteiger partial charge >= 0.3 is 0 Å². The maximum atomic E-state index is 5.57. The highest BCUT2D eigenvalue weighted by atomic mass is 16.3. The lowest BCUT2D eigenvalue weighted by atomic mass is 9.96. The monoisotopic (exact) mass is 207 g/mol. The first-order chi connectivity index (χ1) is 7.31. The van der Waals surface area contributed by atoms with E-state index in [1.807, 2.05) is 13.1 Å². The van der Waals surface area contributed by atoms with Gasteiger partial charge in [0.15, 0.2) is 0 Å². The highest BCUT2D eigenvalue weighted by Gasteiger charge is 2.22. The number of hydrogen-bond donors (Lipinski definition) is 1. The third-order valence-corrected chi connectivity index (χ3v) is 3.61. The normalized spacial score (nSPS) is 19.6. The van der Waals surface area contributed by atoms with E-state index in [2.05, 4.69) is 12.2 Å². The fourth-order valence-corrected chi connectivity index (χ4v) is 2.68. The number of aryl methyl sites for hydroxylation is 1. The molecule has 1 atom stereocenters. The molecule has 2 nitrogen and oxygen atoms in total. The van der Waals surface area contributed by atoms with Crippen molar-refractivity contribution in [1.29, 1.82) is 0 Å². The second kappa shape index (κ2) is 4.84. The zero-order chi connectivity index (χ0) is 10.7. The van der Waals surface area contributed by atoms with E-state index in [1.54, 1.807) is 6.26 Å². The lowest BCUT2D eigenvalue weighted by Crippen LogP contribution is -2.19. The van der Waals surface area contributed by atoms with Crippen molar-refractivity contribution >= 4 is 0 Å². The molecule has 2 heteroatoms. The third kappa shape index (κ3) is 2.43. The Morgan fingerprint density at radius 2 is 2.20 bits per heavy atom. The molecule has 0 aliphatic heterocycles. The van der Waals surface area contributed by atoms with Crippen molar-refractivity contribution in [3.05, 3.63) is 23.7 Å². The molecule has 2 rings (SSSR count). The van der Waals surface area contributed by atoms with E-state index in [9.17, 15) is 0 Å². The van der Waals surface area contributed by atoms with Crippen LogP contribution >= 0.6 is 0 Å². The molecule has 1 fully saturated rings. The molecule has 1 N–H and O–H groups in total. The summed E-state index contributed by atoms with van der Waals surface area (Å²) in [6.07, 6.45) is 8.65. The molecule has 0 radical (unpaired) electrons. The van der Waals surface area contributed by atoms with Crippen LogP contribution in [0.3, 0.4) is 0 Å². The number of furan rings is 1. The van der Waals surface area contributed by atoms with Gasteiger partial charge in [-0.2, -0.15) is 0 Å². The molecule has 0 saturated heterocycles. The molecule has 0 bridgehead atoms. The predicted molar refractivity (Wildman–Crippen MR) is 61.8 cm³/mol. The SMILES string of the molecule is CNC(CC1CCCC1)c1occc1C. The van der Waals surface area contributed by atoms with Crippen molar-refractivity contribution in [3.63, 3.8) is 0 Å². The first-order valence-corrected chi connectivity index (χ1v) is 6.02. The minimum atomic E-state index is 0.406. The Balaban J connectivity index is 2.00. The summed E-state index contributed by atoms with van der Waals surface area (Å²) < 4.78 is 5.57. The van der Waals surface area contributed by atoms with Gasteiger partial charge < -0.3 is 9.73 Å². The van der Waals surface area contributed by atoms with Crippen molar-refractivity contribution in [1.82, 2.24) is 5.32 Å². The Hall–Kier alpha value is -0.760. The van der Waals surface area contributed by atoms with Gasteiger partial charge in [0, 0.05) is 0 Å². The van der Waals surface area contributed by atoms with Gasteiger partial charge in [0.1, 0.15) is 5.76 Å². The molecule has 1 aliphatic rings. The topological polar surface area (TPSA) is 25.2 Å². The maximum Gasteiger partial charge on any atom is 0.123 e. The van der Waals surface area contributed by atoms with Crippen molar-refractivity contribution in [2.24, 2.45) is 5.92 Å². The van der Waals surface area contributed by atoms with E-state index in [0.717, 1.165) is 11.7 Å². The van der Waals surface area contributed by atoms with Gasteiger partial charge in [0.25, 0.3) is 0 Å². The first kappa shape index (κ1) is 10.7. The van der Waals surface area contributed by atoms with Crippen LogP contribution in [0.5, 0.6) is 0 Å². The minimum Gasteiger partial charge on any atom is -0.467 e. The van der Waals surface area contributed by atoms with Crippen LogP contribution in [-0.4, -0.2) is 7.05 Å². The van der Waals surface area contributed by atoms with Crippen LogP contribution in [0, 0.1) is 12.8 Å². The molecule has 1 aromatic rings. The quantitative estimate of drug-likeness (QED) is 0.818. The molecule has 15 heavy (non-hydrogen) atoms. The molecular formula is C13H21NO. The van der Waals surface area contributed by atoms with E-state index in [0.29, 0.717) is 6.04 Å². The standard InChI is InChI=1S/C13H21NO/c1-10-7-8-15-13(10)12(14-2)9-11-5-3-4-6-11/h7-8,11-12,14H,3-6,9H2,1-2H3. The average molecular weight is 207 g/mol. The van der Waals surface area contributed by atoms with Gasteiger partial charge in [0.05, 0.1) is 12.3 Å². The zero-order valence-electron chi connectivity index (χ0n) is 9.75. The van der Waals surface area contributed by atoms with E-state index < -0.39 is 0 Å². The Kier molecular flexibility index (Phi) is 3.47. The summed E-state index contributed by atoms with van der Waals surface area (Å²) >= 11 is 0. The summed E-state index contributed by atoms with van der Waals surface area (Å²) in [6, 6.07) is 2.46. The Morgan fingerprint density at radius 1 is 1.47 bits per heavy atom. The van der Waals surface area contributed by atoms with Crippen molar-refractivity contribution in [2.75, 3.05) is 7.05 Å². The zero-order valence-corrected chi connectivity index (χ0v) is 9.75. The van der Waals surface area contributed by atoms with Gasteiger partial charge in [0.2, 0.25) is 0 Å². The fraction of sp³-hybridized carbons (Fsp3) is 0.692. The van der Waals surface area contributed by atoms with Crippen LogP contribution in [0.15, 0.2) is 16.7 Å². The number of rotatable bonds is 4. The molecular weight excluding hydrogens is 186 g/mol. The van der Waals surface area contributed by atoms with Crippen LogP contribution in [0.1, 0.15) is 49.5 Å². The molecule has 0 aromatic carbocycles. The Labute approximate surface area is 92.1 Å². The molecule has 1 aromatic heterocycles. The van der Waals surface area contributed by atoms with Crippen molar-refractivity contribution < 1.29 is 4.42 Å². The molecule has 1 unspecified atom stereocenters. The second-order valence-corrected chi connectivity index (χ2v) is 4.70. The predicted octanol–water partition coefficient (Wildman–Crippen LogP) is 3.43. The lowest BCUT2D eigenvalue weighted by Gasteiger charge is -2.18. The van der Waals surface area contributed by atoms with E-state index in [4.69, 9.17) is 4.42 Å². The largest absolute Gasteiger partial charge is 0.467 e. The summed E-state index contributed by atoms with van der Waals surface area (Å²) in [5.74, 6) is 2.02. The van der Waals surface area contributed by atoms with E-state index in [-0.39, 0.29) is 0 Å². The van der Waals surface area contributed by atoms with Crippen molar-refractivity contribution in [3.8, 4) is 0 Å². The van der Waals surface area contributed by atoms with Gasteiger partial charge in [-0.25, -0.2) is 0 Å². The Bertz CT molecular complexity index is 299. The van der Waals surface area contributed by atoms with Crippen LogP contribution in [0.25, 0.3) is 0 Å². The van der Waals surface area contributed by atoms with Gasteiger partial charge in [-0.15, -0.1) is 0 Å². The summed E-state index contributed by atoms with van der Waals surface area (Å²) in [6.45, 7) is 2.12. The summed E-state index contributed by atoms with van der Waals surface area (Å²) in [5.41, 5.74) is 1.27. The highest BCUT2D eigenvalue weighted by Crippen LogP contribution is 2.33. The minimum absolute atomic E-state index is 0.406. The van der Waals surface area contributed by atoms with Crippen LogP contribution < -0.4 is 5.32 Å². The van der Waals surface area contributed by atoms with Crippen LogP contribution in [-0.2, 0) is 0 Å². The van der Waals surface area contributed by atoms with Crippen molar-refractivity contribution in [2.45, 2.75) is 45.1 Å². The molecule has 1 saturated carbocycles. The summed E-state index contributed by atoms with van der Waals surface area (Å²) in [4.78, 5) is 0. The molecule has 1 heterocycles. The highest BCUT2D eigenvalue weighted by molar-refractivity contribution is 5.18. The maximum absolute atomic E-state index is 5.57. The molecule has 84 valence electrons. The van der Waals surface area contributed by atoms with Gasteiger partial charge in [-0.1, -0.05) is 25.7 Å². The number of hydrogen-bond acceptors (Lipinski definition) is 2. The van der Waals surface area contributed by atoms with E-state index in [1.165, 1.54) is 37.7 Å². The van der Waals surface area contributed by atoms with Crippen LogP contribution in [0.4, 0.5) is 0 Å². The van der Waals surface area contributed by atoms with Crippen LogP contribution in [0.2, 0.25) is 0 Å². The van der Waals surface area contributed by atoms with Gasteiger partial charge in [-0.3, -0.25) is 0 Å². The number of nitrogens with one attached hydrogen (secondary N) is 1. The fourth-order valence-electron chi connectivity index (χ4n) is 2.68. The first-order valence-electron chi connectivity index (χ1n) is 6.02. The third-order valence-electron chi connectivity index (χ3n) is 3.61. The summed E-state index contributed by atoms with van der Waals surface area (Å²) in [7, 11) is 2.03. The van der Waals surface area contributed by atoms with Gasteiger partial charge in [-0.05, 0) is 37.9 Å². The average Bonchev–Trinajstić information content (AvgIpc) is 2.85. The Morgan fingerprint density at radius 3 is 2.73 bits per heavy atom. The molecule has 1 aliphatic carbocycles. The molecule has 0 amide bonds. The van der Waals surface area contributed by atoms with E-state index >= 15 is 0 Å².